The van der Waals surface area contributed by atoms with E-state index in [1.165, 1.54) is 24.3 Å². The molecule has 1 aromatic rings. The molecule has 3 atom stereocenters. The molecule has 8 nitrogen and oxygen atoms in total. The highest BCUT2D eigenvalue weighted by Crippen LogP contribution is 2.53. The van der Waals surface area contributed by atoms with Gasteiger partial charge in [0, 0.05) is 0 Å². The van der Waals surface area contributed by atoms with Gasteiger partial charge in [0.1, 0.15) is 17.6 Å². The van der Waals surface area contributed by atoms with Crippen molar-refractivity contribution in [3.05, 3.63) is 30.3 Å². The zero-order valence-electron chi connectivity index (χ0n) is 10.6. The van der Waals surface area contributed by atoms with E-state index in [9.17, 15) is 19.0 Å². The summed E-state index contributed by atoms with van der Waals surface area (Å²) >= 11 is 0. The van der Waals surface area contributed by atoms with E-state index >= 15 is 0 Å². The number of carbonyl (C=O) groups is 2. The van der Waals surface area contributed by atoms with Gasteiger partial charge in [-0.1, -0.05) is 18.2 Å². The molecule has 110 valence electrons. The first-order chi connectivity index (χ1) is 9.13. The minimum Gasteiger partial charge on any atom is -0.479 e. The Morgan fingerprint density at radius 2 is 1.85 bits per heavy atom. The van der Waals surface area contributed by atoms with E-state index in [1.807, 2.05) is 0 Å². The lowest BCUT2D eigenvalue weighted by molar-refractivity contribution is -0.143. The van der Waals surface area contributed by atoms with Gasteiger partial charge in [-0.25, -0.2) is 9.36 Å². The molecule has 0 aliphatic carbocycles. The van der Waals surface area contributed by atoms with Crippen LogP contribution < -0.4 is 16.0 Å². The predicted molar refractivity (Wildman–Crippen MR) is 70.1 cm³/mol. The molecule has 1 rings (SSSR count). The second-order valence-electron chi connectivity index (χ2n) is 4.14. The number of hydrogen-bond acceptors (Lipinski definition) is 6. The lowest BCUT2D eigenvalue weighted by Crippen LogP contribution is -2.63. The molecule has 9 heteroatoms. The molecule has 20 heavy (non-hydrogen) atoms. The Kier molecular flexibility index (Phi) is 4.67. The van der Waals surface area contributed by atoms with Crippen LogP contribution in [0.1, 0.15) is 6.92 Å². The van der Waals surface area contributed by atoms with Gasteiger partial charge >= 0.3 is 13.6 Å². The molecule has 0 amide bonds. The number of aliphatic carboxylic acids is 1. The number of nitrogens with two attached hydrogens (primary N) is 2. The van der Waals surface area contributed by atoms with Crippen LogP contribution in [0.2, 0.25) is 0 Å². The molecule has 0 fully saturated rings. The van der Waals surface area contributed by atoms with Gasteiger partial charge in [0.2, 0.25) is 5.28 Å². The van der Waals surface area contributed by atoms with Crippen LogP contribution >= 0.6 is 7.60 Å². The average molecular weight is 302 g/mol. The summed E-state index contributed by atoms with van der Waals surface area (Å²) in [6.45, 7) is 0.970. The Morgan fingerprint density at radius 3 is 2.25 bits per heavy atom. The van der Waals surface area contributed by atoms with Crippen LogP contribution in [0.25, 0.3) is 0 Å². The fraction of sp³-hybridized carbons (Fsp3) is 0.273. The Balaban J connectivity index is 3.23. The molecule has 0 saturated carbocycles. The van der Waals surface area contributed by atoms with Crippen LogP contribution in [0.5, 0.6) is 5.75 Å². The Morgan fingerprint density at radius 1 is 1.35 bits per heavy atom. The quantitative estimate of drug-likeness (QED) is 0.531. The molecular formula is C11H15N2O6P. The summed E-state index contributed by atoms with van der Waals surface area (Å²) in [7, 11) is -4.97. The first-order valence-corrected chi connectivity index (χ1v) is 7.06. The van der Waals surface area contributed by atoms with Gasteiger partial charge in [-0.05, 0) is 19.1 Å². The van der Waals surface area contributed by atoms with E-state index in [0.29, 0.717) is 0 Å². The second kappa shape index (κ2) is 5.72. The van der Waals surface area contributed by atoms with Crippen LogP contribution in [0.4, 0.5) is 0 Å². The van der Waals surface area contributed by atoms with Gasteiger partial charge in [-0.2, -0.15) is 0 Å². The summed E-state index contributed by atoms with van der Waals surface area (Å²) in [5.74, 6) is -2.81. The third-order valence-electron chi connectivity index (χ3n) is 2.69. The maximum atomic E-state index is 12.2. The van der Waals surface area contributed by atoms with E-state index in [-0.39, 0.29) is 5.75 Å². The maximum Gasteiger partial charge on any atom is 0.410 e. The van der Waals surface area contributed by atoms with Gasteiger partial charge in [0.05, 0.1) is 0 Å². The summed E-state index contributed by atoms with van der Waals surface area (Å²) in [5, 5.41) is 6.16. The normalized spacial score (nSPS) is 18.4. The third kappa shape index (κ3) is 2.88. The van der Waals surface area contributed by atoms with Gasteiger partial charge in [-0.15, -0.1) is 0 Å². The smallest absolute Gasteiger partial charge is 0.410 e. The minimum atomic E-state index is -4.97. The molecule has 0 spiro atoms. The fourth-order valence-electron chi connectivity index (χ4n) is 1.44. The van der Waals surface area contributed by atoms with Crippen molar-refractivity contribution in [3.63, 3.8) is 0 Å². The molecule has 0 aromatic heterocycles. The van der Waals surface area contributed by atoms with Crippen LogP contribution in [0.3, 0.4) is 0 Å². The molecule has 0 aliphatic heterocycles. The van der Waals surface area contributed by atoms with Crippen molar-refractivity contribution in [3.8, 4) is 5.75 Å². The van der Waals surface area contributed by atoms with Crippen molar-refractivity contribution in [1.82, 2.24) is 0 Å². The molecule has 0 bridgehead atoms. The van der Waals surface area contributed by atoms with Crippen LogP contribution in [-0.2, 0) is 14.2 Å². The highest BCUT2D eigenvalue weighted by molar-refractivity contribution is 7.56. The van der Waals surface area contributed by atoms with Crippen molar-refractivity contribution in [1.29, 1.82) is 0 Å². The van der Waals surface area contributed by atoms with Crippen molar-refractivity contribution in [2.45, 2.75) is 18.2 Å². The zero-order chi connectivity index (χ0) is 15.6. The molecule has 0 saturated heterocycles. The number of para-hydroxylation sites is 1. The number of carboxylic acid groups (broad SMARTS) is 1. The van der Waals surface area contributed by atoms with Crippen LogP contribution in [0.15, 0.2) is 30.3 Å². The second-order valence-corrected chi connectivity index (χ2v) is 6.11. The van der Waals surface area contributed by atoms with Crippen LogP contribution in [0, 0.1) is 0 Å². The highest BCUT2D eigenvalue weighted by atomic mass is 31.2. The van der Waals surface area contributed by atoms with Gasteiger partial charge in [0.25, 0.3) is 0 Å². The summed E-state index contributed by atoms with van der Waals surface area (Å²) in [6.07, 6.45) is 0. The summed E-state index contributed by atoms with van der Waals surface area (Å²) in [4.78, 5) is 32.3. The average Bonchev–Trinajstić information content (AvgIpc) is 2.36. The Labute approximate surface area is 114 Å². The van der Waals surface area contributed by atoms with Crippen molar-refractivity contribution < 1.29 is 28.7 Å². The molecule has 3 unspecified atom stereocenters. The largest absolute Gasteiger partial charge is 0.479 e. The third-order valence-corrected chi connectivity index (χ3v) is 4.56. The Bertz CT molecular complexity index is 563. The number of carbonyl (C=O) groups excluding carboxylic acids is 1. The standard InChI is InChI=1S/C11H15N2O6P/c1-7(14)9(12)11(13,10(15)16)20(17,18)19-8-5-3-2-4-6-8/h2-6,9H,12-13H2,1H3,(H,15,16)(H,17,18). The number of rotatable bonds is 6. The SMILES string of the molecule is CC(=O)C(N)C(N)(C(=O)O)P(=O)(O)Oc1ccccc1. The molecule has 6 N–H and O–H groups in total. The van der Waals surface area contributed by atoms with E-state index < -0.39 is 30.7 Å². The van der Waals surface area contributed by atoms with Gasteiger partial charge < -0.3 is 26.0 Å². The van der Waals surface area contributed by atoms with E-state index in [4.69, 9.17) is 21.1 Å². The lowest BCUT2D eigenvalue weighted by atomic mass is 10.1. The first kappa shape index (κ1) is 16.3. The zero-order valence-corrected chi connectivity index (χ0v) is 11.5. The topological polar surface area (TPSA) is 153 Å². The number of carboxylic acids is 1. The predicted octanol–water partition coefficient (Wildman–Crippen LogP) is -0.0933. The monoisotopic (exact) mass is 302 g/mol. The maximum absolute atomic E-state index is 12.2. The van der Waals surface area contributed by atoms with Crippen molar-refractivity contribution >= 4 is 19.3 Å². The lowest BCUT2D eigenvalue weighted by Gasteiger charge is -2.32. The number of hydrogen-bond donors (Lipinski definition) is 4. The van der Waals surface area contributed by atoms with E-state index in [1.54, 1.807) is 6.07 Å². The minimum absolute atomic E-state index is 0.0647. The van der Waals surface area contributed by atoms with Gasteiger partial charge in [0.15, 0.2) is 0 Å². The Hall–Kier alpha value is -1.73. The molecule has 0 aliphatic rings. The summed E-state index contributed by atoms with van der Waals surface area (Å²) in [5.41, 5.74) is 10.8. The van der Waals surface area contributed by atoms with Crippen molar-refractivity contribution in [2.24, 2.45) is 11.5 Å². The van der Waals surface area contributed by atoms with Crippen LogP contribution in [-0.4, -0.2) is 33.1 Å². The van der Waals surface area contributed by atoms with E-state index in [0.717, 1.165) is 6.92 Å². The molecule has 1 aromatic carbocycles. The number of ketones is 1. The number of Topliss-reactive ketones (excluding diaryl/α,β-unsaturated/α-hetero) is 1. The molecule has 0 radical (unpaired) electrons. The first-order valence-electron chi connectivity index (χ1n) is 5.48. The fourth-order valence-corrected chi connectivity index (χ4v) is 2.77. The van der Waals surface area contributed by atoms with E-state index in [2.05, 4.69) is 0 Å². The highest BCUT2D eigenvalue weighted by Gasteiger charge is 2.60. The summed E-state index contributed by atoms with van der Waals surface area (Å²) < 4.78 is 17.0. The number of benzene rings is 1. The molecular weight excluding hydrogens is 287 g/mol. The summed E-state index contributed by atoms with van der Waals surface area (Å²) in [6, 6.07) is 5.44. The van der Waals surface area contributed by atoms with Gasteiger partial charge in [-0.3, -0.25) is 4.79 Å². The molecule has 0 heterocycles. The van der Waals surface area contributed by atoms with Crippen molar-refractivity contribution in [2.75, 3.05) is 0 Å².